The Bertz CT molecular complexity index is 1170. The van der Waals surface area contributed by atoms with Crippen LogP contribution in [0, 0.1) is 0 Å². The Labute approximate surface area is 253 Å². The van der Waals surface area contributed by atoms with E-state index >= 15 is 0 Å². The average molecular weight is 602 g/mol. The van der Waals surface area contributed by atoms with Crippen LogP contribution in [-0.4, -0.2) is 61.0 Å². The number of amides is 2. The molecule has 0 bridgehead atoms. The van der Waals surface area contributed by atoms with Crippen molar-refractivity contribution in [3.63, 3.8) is 0 Å². The van der Waals surface area contributed by atoms with E-state index in [0.717, 1.165) is 22.4 Å². The lowest BCUT2D eigenvalue weighted by Gasteiger charge is -2.27. The number of benzene rings is 3. The fraction of sp³-hybridized carbons (Fsp3) is 0.355. The third-order valence-corrected chi connectivity index (χ3v) is 6.98. The molecule has 0 aliphatic carbocycles. The van der Waals surface area contributed by atoms with Crippen molar-refractivity contribution < 1.29 is 24.2 Å². The van der Waals surface area contributed by atoms with Crippen LogP contribution >= 0.6 is 24.2 Å². The number of aliphatic hydroxyl groups excluding tert-OH is 1. The van der Waals surface area contributed by atoms with E-state index in [0.29, 0.717) is 25.1 Å². The summed E-state index contributed by atoms with van der Waals surface area (Å²) in [6, 6.07) is 25.4. The summed E-state index contributed by atoms with van der Waals surface area (Å²) < 4.78 is 10.6. The molecule has 4 N–H and O–H groups in total. The van der Waals surface area contributed by atoms with Gasteiger partial charge in [-0.25, -0.2) is 4.79 Å². The van der Waals surface area contributed by atoms with E-state index in [4.69, 9.17) is 9.47 Å². The topological polar surface area (TPSA) is 109 Å². The summed E-state index contributed by atoms with van der Waals surface area (Å²) >= 11 is 1.58. The van der Waals surface area contributed by atoms with Gasteiger partial charge in [0.2, 0.25) is 5.91 Å². The molecule has 0 aliphatic heterocycles. The highest BCUT2D eigenvalue weighted by atomic mass is 35.5. The predicted molar refractivity (Wildman–Crippen MR) is 167 cm³/mol. The van der Waals surface area contributed by atoms with Gasteiger partial charge in [-0.15, -0.1) is 12.4 Å². The number of hydrogen-bond donors (Lipinski definition) is 4. The highest BCUT2D eigenvalue weighted by Gasteiger charge is 2.27. The minimum Gasteiger partial charge on any atom is -0.497 e. The zero-order chi connectivity index (χ0) is 28.6. The highest BCUT2D eigenvalue weighted by molar-refractivity contribution is 7.98. The van der Waals surface area contributed by atoms with Crippen LogP contribution in [0.1, 0.15) is 23.1 Å². The molecule has 2 amide bonds. The average Bonchev–Trinajstić information content (AvgIpc) is 2.99. The number of alkyl carbamates (subject to hydrolysis) is 1. The summed E-state index contributed by atoms with van der Waals surface area (Å²) in [4.78, 5) is 25.9. The molecule has 0 radical (unpaired) electrons. The first-order chi connectivity index (χ1) is 19.5. The minimum atomic E-state index is -0.874. The lowest BCUT2D eigenvalue weighted by Crippen LogP contribution is -2.55. The Balaban J connectivity index is 0.00000588. The van der Waals surface area contributed by atoms with Gasteiger partial charge >= 0.3 is 6.09 Å². The molecule has 0 saturated heterocycles. The van der Waals surface area contributed by atoms with Crippen LogP contribution in [0.15, 0.2) is 84.9 Å². The number of hydrogen-bond acceptors (Lipinski definition) is 7. The summed E-state index contributed by atoms with van der Waals surface area (Å²) in [5.74, 6) is 1.07. The number of halogens is 1. The van der Waals surface area contributed by atoms with E-state index in [1.807, 2.05) is 91.2 Å². The lowest BCUT2D eigenvalue weighted by atomic mass is 10.00. The van der Waals surface area contributed by atoms with Gasteiger partial charge in [0.25, 0.3) is 0 Å². The fourth-order valence-corrected chi connectivity index (χ4v) is 4.61. The number of methoxy groups -OCH3 is 1. The maximum atomic E-state index is 13.4. The molecule has 3 atom stereocenters. The second-order valence-corrected chi connectivity index (χ2v) is 10.4. The number of rotatable bonds is 16. The van der Waals surface area contributed by atoms with Crippen molar-refractivity contribution in [1.29, 1.82) is 0 Å². The summed E-state index contributed by atoms with van der Waals surface area (Å²) in [6.45, 7) is 0.903. The van der Waals surface area contributed by atoms with Crippen molar-refractivity contribution in [1.82, 2.24) is 16.0 Å². The van der Waals surface area contributed by atoms with Gasteiger partial charge in [-0.3, -0.25) is 4.79 Å². The van der Waals surface area contributed by atoms with Crippen molar-refractivity contribution in [2.24, 2.45) is 0 Å². The summed E-state index contributed by atoms with van der Waals surface area (Å²) in [6.07, 6.45) is 1.27. The molecule has 3 rings (SSSR count). The molecule has 41 heavy (non-hydrogen) atoms. The maximum Gasteiger partial charge on any atom is 0.408 e. The van der Waals surface area contributed by atoms with Crippen molar-refractivity contribution in [3.8, 4) is 5.75 Å². The van der Waals surface area contributed by atoms with Crippen molar-refractivity contribution in [3.05, 3.63) is 102 Å². The van der Waals surface area contributed by atoms with Gasteiger partial charge in [0.1, 0.15) is 18.4 Å². The molecule has 0 saturated carbocycles. The second-order valence-electron chi connectivity index (χ2n) is 9.39. The van der Waals surface area contributed by atoms with Crippen LogP contribution < -0.4 is 20.7 Å². The standard InChI is InChI=1S/C31H39N3O5S.ClH/c1-38-26-15-9-14-25(18-26)20-32-21-29(35)28(19-23-10-5-3-6-11-23)33-30(36)27(16-17-40-2)34-31(37)39-22-24-12-7-4-8-13-24;/h3-15,18,27-29,32,35H,16-17,19-22H2,1-2H3,(H,33,36)(H,34,37);1H/t27-,28-,29+;/m0./s1. The van der Waals surface area contributed by atoms with E-state index in [-0.39, 0.29) is 31.5 Å². The quantitative estimate of drug-likeness (QED) is 0.193. The lowest BCUT2D eigenvalue weighted by molar-refractivity contribution is -0.124. The number of carbonyl (C=O) groups excluding carboxylic acids is 2. The molecule has 0 aromatic heterocycles. The zero-order valence-electron chi connectivity index (χ0n) is 23.5. The molecule has 3 aromatic rings. The van der Waals surface area contributed by atoms with Crippen LogP contribution in [0.3, 0.4) is 0 Å². The first kappa shape index (κ1) is 34.0. The van der Waals surface area contributed by atoms with E-state index in [1.54, 1.807) is 18.9 Å². The Morgan fingerprint density at radius 3 is 2.22 bits per heavy atom. The highest BCUT2D eigenvalue weighted by Crippen LogP contribution is 2.13. The van der Waals surface area contributed by atoms with Gasteiger partial charge in [0.05, 0.1) is 19.3 Å². The van der Waals surface area contributed by atoms with Crippen molar-refractivity contribution >= 4 is 36.2 Å². The first-order valence-electron chi connectivity index (χ1n) is 13.3. The zero-order valence-corrected chi connectivity index (χ0v) is 25.1. The SMILES string of the molecule is COc1cccc(CNC[C@@H](O)[C@H](Cc2ccccc2)NC(=O)[C@H](CCSC)NC(=O)OCc2ccccc2)c1.Cl. The minimum absolute atomic E-state index is 0. The van der Waals surface area contributed by atoms with Gasteiger partial charge in [-0.05, 0) is 53.7 Å². The second kappa shape index (κ2) is 19.0. The number of thioether (sulfide) groups is 1. The maximum absolute atomic E-state index is 13.4. The number of carbonyl (C=O) groups is 2. The van der Waals surface area contributed by atoms with Gasteiger partial charge < -0.3 is 30.5 Å². The van der Waals surface area contributed by atoms with Crippen LogP contribution in [0.25, 0.3) is 0 Å². The van der Waals surface area contributed by atoms with Crippen LogP contribution in [0.2, 0.25) is 0 Å². The first-order valence-corrected chi connectivity index (χ1v) is 14.7. The molecular weight excluding hydrogens is 562 g/mol. The van der Waals surface area contributed by atoms with Gasteiger partial charge in [-0.1, -0.05) is 72.8 Å². The molecule has 0 heterocycles. The van der Waals surface area contributed by atoms with Crippen LogP contribution in [0.5, 0.6) is 5.75 Å². The smallest absolute Gasteiger partial charge is 0.408 e. The third kappa shape index (κ3) is 12.4. The molecular formula is C31H40ClN3O5S. The van der Waals surface area contributed by atoms with Crippen LogP contribution in [-0.2, 0) is 29.1 Å². The van der Waals surface area contributed by atoms with E-state index in [2.05, 4.69) is 16.0 Å². The Morgan fingerprint density at radius 2 is 1.56 bits per heavy atom. The molecule has 10 heteroatoms. The Kier molecular flexibility index (Phi) is 15.7. The van der Waals surface area contributed by atoms with Crippen LogP contribution in [0.4, 0.5) is 4.79 Å². The van der Waals surface area contributed by atoms with Gasteiger partial charge in [0, 0.05) is 13.1 Å². The normalized spacial score (nSPS) is 12.8. The van der Waals surface area contributed by atoms with Crippen molar-refractivity contribution in [2.75, 3.05) is 25.7 Å². The molecule has 8 nitrogen and oxygen atoms in total. The summed E-state index contributed by atoms with van der Waals surface area (Å²) in [5.41, 5.74) is 2.86. The largest absolute Gasteiger partial charge is 0.497 e. The Hall–Kier alpha value is -3.24. The number of ether oxygens (including phenoxy) is 2. The fourth-order valence-electron chi connectivity index (χ4n) is 4.14. The number of aliphatic hydroxyl groups is 1. The summed E-state index contributed by atoms with van der Waals surface area (Å²) in [5, 5.41) is 20.1. The molecule has 222 valence electrons. The van der Waals surface area contributed by atoms with Gasteiger partial charge in [-0.2, -0.15) is 11.8 Å². The monoisotopic (exact) mass is 601 g/mol. The molecule has 0 spiro atoms. The Morgan fingerprint density at radius 1 is 0.902 bits per heavy atom. The van der Waals surface area contributed by atoms with Gasteiger partial charge in [0.15, 0.2) is 0 Å². The summed E-state index contributed by atoms with van der Waals surface area (Å²) in [7, 11) is 1.62. The number of nitrogens with one attached hydrogen (secondary N) is 3. The molecule has 3 aromatic carbocycles. The van der Waals surface area contributed by atoms with E-state index in [9.17, 15) is 14.7 Å². The predicted octanol–water partition coefficient (Wildman–Crippen LogP) is 4.34. The van der Waals surface area contributed by atoms with Crippen molar-refractivity contribution in [2.45, 2.75) is 44.2 Å². The molecule has 0 fully saturated rings. The molecule has 0 unspecified atom stereocenters. The molecule has 0 aliphatic rings. The van der Waals surface area contributed by atoms with E-state index in [1.165, 1.54) is 0 Å². The van der Waals surface area contributed by atoms with E-state index < -0.39 is 24.3 Å². The third-order valence-electron chi connectivity index (χ3n) is 6.34.